The highest BCUT2D eigenvalue weighted by Gasteiger charge is 2.15. The summed E-state index contributed by atoms with van der Waals surface area (Å²) in [5.74, 6) is 0. The van der Waals surface area contributed by atoms with E-state index in [4.69, 9.17) is 0 Å². The molecule has 0 aliphatic carbocycles. The Balaban J connectivity index is 1.99. The Bertz CT molecular complexity index is 737. The Labute approximate surface area is 121 Å². The summed E-state index contributed by atoms with van der Waals surface area (Å²) in [4.78, 5) is 14.0. The van der Waals surface area contributed by atoms with Crippen molar-refractivity contribution in [2.45, 2.75) is 11.3 Å². The van der Waals surface area contributed by atoms with Gasteiger partial charge in [-0.3, -0.25) is 10.1 Å². The largest absolute Gasteiger partial charge is 0.340 e. The smallest absolute Gasteiger partial charge is 0.269 e. The molecule has 1 aromatic heterocycles. The number of nitrogens with zero attached hydrogens (tertiary/aromatic N) is 3. The van der Waals surface area contributed by atoms with Crippen molar-refractivity contribution in [3.05, 3.63) is 52.6 Å². The summed E-state index contributed by atoms with van der Waals surface area (Å²) in [5, 5.41) is 10.5. The Morgan fingerprint density at radius 2 is 2.00 bits per heavy atom. The minimum absolute atomic E-state index is 0.00544. The average Bonchev–Trinajstić information content (AvgIpc) is 2.84. The third kappa shape index (κ3) is 3.86. The first-order valence-electron chi connectivity index (χ1n) is 6.09. The Kier molecular flexibility index (Phi) is 4.34. The van der Waals surface area contributed by atoms with Crippen LogP contribution in [0.15, 0.2) is 41.7 Å². The van der Waals surface area contributed by atoms with Crippen LogP contribution in [0.25, 0.3) is 0 Å². The Morgan fingerprint density at radius 1 is 1.33 bits per heavy atom. The summed E-state index contributed by atoms with van der Waals surface area (Å²) in [6, 6.07) is 4.74. The molecule has 0 amide bonds. The molecule has 0 fully saturated rings. The maximum Gasteiger partial charge on any atom is 0.269 e. The molecule has 0 aliphatic rings. The third-order valence-corrected chi connectivity index (χ3v) is 4.27. The highest BCUT2D eigenvalue weighted by molar-refractivity contribution is 7.89. The van der Waals surface area contributed by atoms with Crippen LogP contribution in [0.1, 0.15) is 5.69 Å². The molecule has 112 valence electrons. The molecule has 21 heavy (non-hydrogen) atoms. The molecule has 0 saturated heterocycles. The van der Waals surface area contributed by atoms with E-state index in [9.17, 15) is 18.5 Å². The molecule has 2 aromatic rings. The molecular weight excluding hydrogens is 296 g/mol. The Morgan fingerprint density at radius 3 is 2.52 bits per heavy atom. The first kappa shape index (κ1) is 15.1. The maximum absolute atomic E-state index is 12.0. The van der Waals surface area contributed by atoms with Crippen molar-refractivity contribution < 1.29 is 13.3 Å². The van der Waals surface area contributed by atoms with Crippen LogP contribution in [0, 0.1) is 10.1 Å². The summed E-state index contributed by atoms with van der Waals surface area (Å²) < 4.78 is 28.2. The first-order valence-corrected chi connectivity index (χ1v) is 7.58. The molecule has 2 rings (SSSR count). The number of sulfonamides is 1. The Hall–Kier alpha value is -2.26. The van der Waals surface area contributed by atoms with Gasteiger partial charge in [0.2, 0.25) is 10.0 Å². The first-order chi connectivity index (χ1) is 9.88. The number of nitro groups is 1. The third-order valence-electron chi connectivity index (χ3n) is 2.79. The lowest BCUT2D eigenvalue weighted by Gasteiger charge is -2.05. The summed E-state index contributed by atoms with van der Waals surface area (Å²) in [7, 11) is -1.84. The van der Waals surface area contributed by atoms with Crippen molar-refractivity contribution in [1.29, 1.82) is 0 Å². The van der Waals surface area contributed by atoms with Crippen LogP contribution in [0.4, 0.5) is 5.69 Å². The number of nitrogens with one attached hydrogen (secondary N) is 1. The van der Waals surface area contributed by atoms with Gasteiger partial charge >= 0.3 is 0 Å². The number of hydrogen-bond acceptors (Lipinski definition) is 5. The van der Waals surface area contributed by atoms with Gasteiger partial charge in [0, 0.05) is 38.3 Å². The predicted molar refractivity (Wildman–Crippen MR) is 75.2 cm³/mol. The second kappa shape index (κ2) is 6.02. The van der Waals surface area contributed by atoms with E-state index in [0.717, 1.165) is 17.8 Å². The van der Waals surface area contributed by atoms with Gasteiger partial charge in [-0.1, -0.05) is 0 Å². The number of imidazole rings is 1. The van der Waals surface area contributed by atoms with Crippen LogP contribution in [-0.2, 0) is 23.5 Å². The molecule has 0 unspecified atom stereocenters. The molecule has 0 atom stereocenters. The van der Waals surface area contributed by atoms with E-state index in [-0.39, 0.29) is 17.1 Å². The van der Waals surface area contributed by atoms with Gasteiger partial charge < -0.3 is 4.57 Å². The van der Waals surface area contributed by atoms with Gasteiger partial charge in [0.05, 0.1) is 21.8 Å². The van der Waals surface area contributed by atoms with E-state index >= 15 is 0 Å². The molecule has 0 saturated carbocycles. The van der Waals surface area contributed by atoms with Crippen molar-refractivity contribution in [3.8, 4) is 0 Å². The van der Waals surface area contributed by atoms with Gasteiger partial charge in [0.15, 0.2) is 0 Å². The van der Waals surface area contributed by atoms with Gasteiger partial charge in [-0.2, -0.15) is 0 Å². The van der Waals surface area contributed by atoms with Gasteiger partial charge in [-0.15, -0.1) is 0 Å². The fourth-order valence-electron chi connectivity index (χ4n) is 1.74. The zero-order valence-electron chi connectivity index (χ0n) is 11.3. The normalized spacial score (nSPS) is 11.5. The quantitative estimate of drug-likeness (QED) is 0.628. The molecule has 0 bridgehead atoms. The predicted octanol–water partition coefficient (Wildman–Crippen LogP) is 0.849. The molecule has 1 aromatic carbocycles. The van der Waals surface area contributed by atoms with Crippen molar-refractivity contribution in [2.75, 3.05) is 6.54 Å². The van der Waals surface area contributed by atoms with Gasteiger partial charge in [0.25, 0.3) is 5.69 Å². The van der Waals surface area contributed by atoms with E-state index in [1.165, 1.54) is 12.1 Å². The number of nitro benzene ring substituents is 1. The van der Waals surface area contributed by atoms with Crippen LogP contribution in [0.3, 0.4) is 0 Å². The second-order valence-corrected chi connectivity index (χ2v) is 6.20. The molecular formula is C12H14N4O4S. The molecule has 0 radical (unpaired) electrons. The molecule has 1 heterocycles. The summed E-state index contributed by atoms with van der Waals surface area (Å²) in [6.07, 6.45) is 3.91. The fourth-order valence-corrected chi connectivity index (χ4v) is 2.77. The van der Waals surface area contributed by atoms with Crippen LogP contribution < -0.4 is 4.72 Å². The van der Waals surface area contributed by atoms with E-state index in [1.807, 2.05) is 7.05 Å². The van der Waals surface area contributed by atoms with Crippen LogP contribution in [-0.4, -0.2) is 29.4 Å². The number of non-ortho nitro benzene ring substituents is 1. The summed E-state index contributed by atoms with van der Waals surface area (Å²) >= 11 is 0. The number of hydrogen-bond donors (Lipinski definition) is 1. The zero-order chi connectivity index (χ0) is 15.5. The molecule has 9 heteroatoms. The molecule has 1 N–H and O–H groups in total. The topological polar surface area (TPSA) is 107 Å². The molecule has 0 aliphatic heterocycles. The molecule has 0 spiro atoms. The maximum atomic E-state index is 12.0. The summed E-state index contributed by atoms with van der Waals surface area (Å²) in [5.41, 5.74) is 0.631. The highest BCUT2D eigenvalue weighted by atomic mass is 32.2. The van der Waals surface area contributed by atoms with Crippen molar-refractivity contribution in [3.63, 3.8) is 0 Å². The summed E-state index contributed by atoms with van der Waals surface area (Å²) in [6.45, 7) is 0.205. The van der Waals surface area contributed by atoms with Gasteiger partial charge in [0.1, 0.15) is 0 Å². The fraction of sp³-hybridized carbons (Fsp3) is 0.250. The minimum Gasteiger partial charge on any atom is -0.340 e. The number of aryl methyl sites for hydroxylation is 1. The average molecular weight is 310 g/mol. The lowest BCUT2D eigenvalue weighted by atomic mass is 10.3. The van der Waals surface area contributed by atoms with Gasteiger partial charge in [-0.25, -0.2) is 18.1 Å². The van der Waals surface area contributed by atoms with Crippen LogP contribution in [0.2, 0.25) is 0 Å². The molecule has 8 nitrogen and oxygen atoms in total. The lowest BCUT2D eigenvalue weighted by Crippen LogP contribution is -2.26. The van der Waals surface area contributed by atoms with Crippen molar-refractivity contribution in [1.82, 2.24) is 14.3 Å². The number of aromatic nitrogens is 2. The minimum atomic E-state index is -3.67. The van der Waals surface area contributed by atoms with E-state index < -0.39 is 14.9 Å². The monoisotopic (exact) mass is 310 g/mol. The standard InChI is InChI=1S/C12H14N4O4S/c1-15-8-10(13-9-15)6-7-14-21(19,20)12-4-2-11(3-5-12)16(17)18/h2-5,8-9,14H,6-7H2,1H3. The van der Waals surface area contributed by atoms with Crippen molar-refractivity contribution in [2.24, 2.45) is 7.05 Å². The van der Waals surface area contributed by atoms with Crippen LogP contribution >= 0.6 is 0 Å². The highest BCUT2D eigenvalue weighted by Crippen LogP contribution is 2.15. The second-order valence-electron chi connectivity index (χ2n) is 4.43. The van der Waals surface area contributed by atoms with E-state index in [1.54, 1.807) is 17.1 Å². The number of rotatable bonds is 6. The van der Waals surface area contributed by atoms with Crippen LogP contribution in [0.5, 0.6) is 0 Å². The SMILES string of the molecule is Cn1cnc(CCNS(=O)(=O)c2ccc([N+](=O)[O-])cc2)c1. The lowest BCUT2D eigenvalue weighted by molar-refractivity contribution is -0.384. The van der Waals surface area contributed by atoms with E-state index in [0.29, 0.717) is 6.42 Å². The van der Waals surface area contributed by atoms with Crippen molar-refractivity contribution >= 4 is 15.7 Å². The number of benzene rings is 1. The zero-order valence-corrected chi connectivity index (χ0v) is 12.1. The van der Waals surface area contributed by atoms with E-state index in [2.05, 4.69) is 9.71 Å². The van der Waals surface area contributed by atoms with Gasteiger partial charge in [-0.05, 0) is 12.1 Å².